The average Bonchev–Trinajstić information content (AvgIpc) is 3.23. The van der Waals surface area contributed by atoms with Crippen LogP contribution in [0.25, 0.3) is 0 Å². The molecular formula is C49H80NO9P. The van der Waals surface area contributed by atoms with Gasteiger partial charge in [0, 0.05) is 13.0 Å². The van der Waals surface area contributed by atoms with E-state index < -0.39 is 45.1 Å². The van der Waals surface area contributed by atoms with Crippen LogP contribution < -0.4 is 5.73 Å². The minimum atomic E-state index is -4.64. The molecule has 0 spiro atoms. The average molecular weight is 858 g/mol. The Balaban J connectivity index is 4.38. The number of ether oxygens (including phenoxy) is 2. The Bertz CT molecular complexity index is 1360. The molecule has 0 saturated heterocycles. The zero-order chi connectivity index (χ0) is 44.0. The van der Waals surface area contributed by atoms with Gasteiger partial charge in [0.05, 0.1) is 19.8 Å². The van der Waals surface area contributed by atoms with Crippen LogP contribution in [0.15, 0.2) is 109 Å². The Morgan fingerprint density at radius 2 is 0.967 bits per heavy atom. The molecule has 3 unspecified atom stereocenters. The molecule has 0 saturated carbocycles. The monoisotopic (exact) mass is 858 g/mol. The lowest BCUT2D eigenvalue weighted by atomic mass is 10.1. The third kappa shape index (κ3) is 42.7. The fourth-order valence-electron chi connectivity index (χ4n) is 5.31. The highest BCUT2D eigenvalue weighted by Gasteiger charge is 2.27. The van der Waals surface area contributed by atoms with Gasteiger partial charge in [0.2, 0.25) is 0 Å². The zero-order valence-corrected chi connectivity index (χ0v) is 37.9. The number of carboxylic acids is 1. The molecule has 0 bridgehead atoms. The Morgan fingerprint density at radius 3 is 1.45 bits per heavy atom. The van der Waals surface area contributed by atoms with Crippen molar-refractivity contribution in [1.82, 2.24) is 0 Å². The van der Waals surface area contributed by atoms with E-state index in [0.29, 0.717) is 19.4 Å². The molecule has 0 aromatic carbocycles. The maximum Gasteiger partial charge on any atom is 0.472 e. The van der Waals surface area contributed by atoms with Gasteiger partial charge < -0.3 is 25.2 Å². The van der Waals surface area contributed by atoms with Crippen LogP contribution in [-0.4, -0.2) is 60.5 Å². The summed E-state index contributed by atoms with van der Waals surface area (Å²) in [5.74, 6) is -1.86. The molecule has 0 aliphatic rings. The lowest BCUT2D eigenvalue weighted by Gasteiger charge is -2.20. The summed E-state index contributed by atoms with van der Waals surface area (Å²) in [5, 5.41) is 8.90. The third-order valence-corrected chi connectivity index (χ3v) is 9.74. The van der Waals surface area contributed by atoms with Gasteiger partial charge in [-0.05, 0) is 89.9 Å². The molecule has 0 aromatic heterocycles. The van der Waals surface area contributed by atoms with Gasteiger partial charge in [-0.2, -0.15) is 0 Å². The smallest absolute Gasteiger partial charge is 0.472 e. The second kappa shape index (κ2) is 43.7. The molecule has 3 atom stereocenters. The van der Waals surface area contributed by atoms with Crippen molar-refractivity contribution in [2.24, 2.45) is 5.73 Å². The molecular weight excluding hydrogens is 778 g/mol. The molecule has 0 heterocycles. The minimum absolute atomic E-state index is 0.0215. The molecule has 11 heteroatoms. The molecule has 0 amide bonds. The summed E-state index contributed by atoms with van der Waals surface area (Å²) in [6.45, 7) is 3.60. The molecule has 0 aliphatic heterocycles. The quantitative estimate of drug-likeness (QED) is 0.0234. The Labute approximate surface area is 363 Å². The normalized spacial score (nSPS) is 14.9. The number of esters is 1. The van der Waals surface area contributed by atoms with Crippen molar-refractivity contribution in [2.45, 2.75) is 161 Å². The number of carbonyl (C=O) groups excluding carboxylic acids is 1. The summed E-state index contributed by atoms with van der Waals surface area (Å²) in [6, 6.07) is -1.49. The number of rotatable bonds is 41. The Hall–Kier alpha value is -3.37. The summed E-state index contributed by atoms with van der Waals surface area (Å²) in [6.07, 6.45) is 58.6. The predicted molar refractivity (Wildman–Crippen MR) is 249 cm³/mol. The number of allylic oxidation sites excluding steroid dienone is 18. The molecule has 0 rings (SSSR count). The summed E-state index contributed by atoms with van der Waals surface area (Å²) < 4.78 is 33.3. The van der Waals surface area contributed by atoms with Crippen LogP contribution in [0.3, 0.4) is 0 Å². The SMILES string of the molecule is CC/C=C\C/C=C\C/C=C\C/C=C\C/C=C\C/C=C\C/C=C\CCCC(=O)OC(COCCCCCCCC/C=C\C/C=C\CCCC)COP(=O)(O)OCC(N)C(=O)O. The van der Waals surface area contributed by atoms with Gasteiger partial charge in [-0.3, -0.25) is 18.6 Å². The van der Waals surface area contributed by atoms with Crippen molar-refractivity contribution in [3.63, 3.8) is 0 Å². The van der Waals surface area contributed by atoms with Crippen molar-refractivity contribution in [3.8, 4) is 0 Å². The van der Waals surface area contributed by atoms with Gasteiger partial charge >= 0.3 is 19.8 Å². The van der Waals surface area contributed by atoms with Crippen LogP contribution in [0.2, 0.25) is 0 Å². The van der Waals surface area contributed by atoms with Crippen LogP contribution in [0, 0.1) is 0 Å². The van der Waals surface area contributed by atoms with Gasteiger partial charge in [0.25, 0.3) is 0 Å². The number of phosphoric acid groups is 1. The first kappa shape index (κ1) is 56.6. The first-order valence-electron chi connectivity index (χ1n) is 22.4. The number of hydrogen-bond donors (Lipinski definition) is 3. The van der Waals surface area contributed by atoms with Gasteiger partial charge in [0.1, 0.15) is 12.1 Å². The van der Waals surface area contributed by atoms with Crippen molar-refractivity contribution >= 4 is 19.8 Å². The standard InChI is InChI=1S/C49H80NO9P/c1-3-5-7-9-11-13-15-17-19-20-21-22-23-24-25-26-27-29-31-33-35-37-39-41-48(51)59-46(44-57-60(54,55)58-45-47(50)49(52)53)43-56-42-40-38-36-34-32-30-28-18-16-14-12-10-8-6-4-2/h5,7,10-13,16-19,21-22,24-25,27,29,33,35,46-47H,3-4,6,8-9,14-15,20,23,26,28,30-32,34,36-45,50H2,1-2H3,(H,52,53)(H,54,55)/b7-5-,12-10-,13-11-,18-16-,19-17-,22-21-,25-24-,29-27-,35-33-. The van der Waals surface area contributed by atoms with Gasteiger partial charge in [-0.15, -0.1) is 0 Å². The van der Waals surface area contributed by atoms with E-state index in [-0.39, 0.29) is 13.0 Å². The maximum atomic E-state index is 12.6. The van der Waals surface area contributed by atoms with Crippen LogP contribution in [0.5, 0.6) is 0 Å². The fraction of sp³-hybridized carbons (Fsp3) is 0.592. The highest BCUT2D eigenvalue weighted by atomic mass is 31.2. The largest absolute Gasteiger partial charge is 0.480 e. The maximum absolute atomic E-state index is 12.6. The molecule has 0 fully saturated rings. The van der Waals surface area contributed by atoms with E-state index >= 15 is 0 Å². The predicted octanol–water partition coefficient (Wildman–Crippen LogP) is 12.7. The molecule has 0 radical (unpaired) electrons. The van der Waals surface area contributed by atoms with E-state index in [1.165, 1.54) is 32.1 Å². The number of aliphatic carboxylic acids is 1. The fourth-order valence-corrected chi connectivity index (χ4v) is 6.09. The number of hydrogen-bond acceptors (Lipinski definition) is 8. The molecule has 4 N–H and O–H groups in total. The first-order chi connectivity index (χ1) is 29.2. The van der Waals surface area contributed by atoms with Crippen molar-refractivity contribution in [3.05, 3.63) is 109 Å². The van der Waals surface area contributed by atoms with Crippen LogP contribution in [-0.2, 0) is 32.7 Å². The molecule has 340 valence electrons. The minimum Gasteiger partial charge on any atom is -0.480 e. The summed E-state index contributed by atoms with van der Waals surface area (Å²) in [7, 11) is -4.64. The van der Waals surface area contributed by atoms with Crippen LogP contribution in [0.1, 0.15) is 149 Å². The van der Waals surface area contributed by atoms with Gasteiger partial charge in [-0.1, -0.05) is 162 Å². The number of nitrogens with two attached hydrogens (primary N) is 1. The molecule has 10 nitrogen and oxygen atoms in total. The van der Waals surface area contributed by atoms with E-state index in [2.05, 4.69) is 117 Å². The number of carbonyl (C=O) groups is 2. The topological polar surface area (TPSA) is 155 Å². The lowest BCUT2D eigenvalue weighted by molar-refractivity contribution is -0.154. The zero-order valence-electron chi connectivity index (χ0n) is 37.0. The number of carboxylic acid groups (broad SMARTS) is 1. The van der Waals surface area contributed by atoms with Crippen molar-refractivity contribution < 1.29 is 42.7 Å². The van der Waals surface area contributed by atoms with Gasteiger partial charge in [0.15, 0.2) is 0 Å². The van der Waals surface area contributed by atoms with E-state index in [4.69, 9.17) is 29.4 Å². The number of phosphoric ester groups is 1. The van der Waals surface area contributed by atoms with E-state index in [9.17, 15) is 19.0 Å². The Kier molecular flexibility index (Phi) is 41.3. The molecule has 60 heavy (non-hydrogen) atoms. The van der Waals surface area contributed by atoms with Gasteiger partial charge in [-0.25, -0.2) is 4.57 Å². The summed E-state index contributed by atoms with van der Waals surface area (Å²) >= 11 is 0. The number of unbranched alkanes of at least 4 members (excludes halogenated alkanes) is 9. The molecule has 0 aliphatic carbocycles. The third-order valence-electron chi connectivity index (χ3n) is 8.79. The highest BCUT2D eigenvalue weighted by molar-refractivity contribution is 7.47. The van der Waals surface area contributed by atoms with E-state index in [1.54, 1.807) is 0 Å². The van der Waals surface area contributed by atoms with Crippen LogP contribution in [0.4, 0.5) is 0 Å². The van der Waals surface area contributed by atoms with E-state index in [0.717, 1.165) is 83.5 Å². The van der Waals surface area contributed by atoms with Crippen molar-refractivity contribution in [1.29, 1.82) is 0 Å². The van der Waals surface area contributed by atoms with E-state index in [1.807, 2.05) is 6.08 Å². The van der Waals surface area contributed by atoms with Crippen molar-refractivity contribution in [2.75, 3.05) is 26.4 Å². The molecule has 0 aromatic rings. The lowest BCUT2D eigenvalue weighted by Crippen LogP contribution is -2.34. The second-order valence-corrected chi connectivity index (χ2v) is 15.9. The Morgan fingerprint density at radius 1 is 0.550 bits per heavy atom. The second-order valence-electron chi connectivity index (χ2n) is 14.4. The first-order valence-corrected chi connectivity index (χ1v) is 23.9. The summed E-state index contributed by atoms with van der Waals surface area (Å²) in [5.41, 5.74) is 5.35. The highest BCUT2D eigenvalue weighted by Crippen LogP contribution is 2.43. The summed E-state index contributed by atoms with van der Waals surface area (Å²) in [4.78, 5) is 33.5. The van der Waals surface area contributed by atoms with Crippen LogP contribution >= 0.6 is 7.82 Å².